The highest BCUT2D eigenvalue weighted by molar-refractivity contribution is 5.60. The van der Waals surface area contributed by atoms with E-state index in [1.165, 1.54) is 44.1 Å². The van der Waals surface area contributed by atoms with Crippen molar-refractivity contribution in [2.24, 2.45) is 0 Å². The fourth-order valence-electron chi connectivity index (χ4n) is 2.33. The van der Waals surface area contributed by atoms with Crippen LogP contribution in [0, 0.1) is 0 Å². The second-order valence-corrected chi connectivity index (χ2v) is 5.27. The van der Waals surface area contributed by atoms with E-state index in [0.29, 0.717) is 0 Å². The Morgan fingerprint density at radius 2 is 1.40 bits per heavy atom. The SMILES string of the molecule is CCCCCCCCc1ncc(-c2ccccc2)cn1. The third-order valence-electron chi connectivity index (χ3n) is 3.57. The molecule has 0 saturated carbocycles. The molecule has 2 heteroatoms. The summed E-state index contributed by atoms with van der Waals surface area (Å²) in [6.45, 7) is 2.25. The zero-order valence-corrected chi connectivity index (χ0v) is 12.4. The van der Waals surface area contributed by atoms with Crippen molar-refractivity contribution in [3.8, 4) is 11.1 Å². The number of rotatable bonds is 8. The van der Waals surface area contributed by atoms with Crippen molar-refractivity contribution in [1.29, 1.82) is 0 Å². The van der Waals surface area contributed by atoms with E-state index in [9.17, 15) is 0 Å². The summed E-state index contributed by atoms with van der Waals surface area (Å²) in [7, 11) is 0. The van der Waals surface area contributed by atoms with Crippen molar-refractivity contribution in [3.63, 3.8) is 0 Å². The van der Waals surface area contributed by atoms with Gasteiger partial charge in [0.15, 0.2) is 0 Å². The van der Waals surface area contributed by atoms with Gasteiger partial charge in [-0.25, -0.2) is 9.97 Å². The van der Waals surface area contributed by atoms with E-state index in [4.69, 9.17) is 0 Å². The largest absolute Gasteiger partial charge is 0.241 e. The highest BCUT2D eigenvalue weighted by atomic mass is 14.9. The number of nitrogens with zero attached hydrogens (tertiary/aromatic N) is 2. The smallest absolute Gasteiger partial charge is 0.128 e. The summed E-state index contributed by atoms with van der Waals surface area (Å²) in [6, 6.07) is 10.3. The molecule has 0 aliphatic heterocycles. The lowest BCUT2D eigenvalue weighted by Gasteiger charge is -2.03. The molecular formula is C18H24N2. The first-order chi connectivity index (χ1) is 9.90. The summed E-state index contributed by atoms with van der Waals surface area (Å²) < 4.78 is 0. The maximum atomic E-state index is 4.48. The maximum absolute atomic E-state index is 4.48. The average Bonchev–Trinajstić information content (AvgIpc) is 2.52. The standard InChI is InChI=1S/C18H24N2/c1-2-3-4-5-6-10-13-18-19-14-17(15-20-18)16-11-8-7-9-12-16/h7-9,11-12,14-15H,2-6,10,13H2,1H3. The molecule has 0 aliphatic rings. The van der Waals surface area contributed by atoms with Crippen molar-refractivity contribution in [2.75, 3.05) is 0 Å². The van der Waals surface area contributed by atoms with Crippen LogP contribution in [-0.2, 0) is 6.42 Å². The molecule has 0 unspecified atom stereocenters. The van der Waals surface area contributed by atoms with Crippen LogP contribution in [0.5, 0.6) is 0 Å². The summed E-state index contributed by atoms with van der Waals surface area (Å²) >= 11 is 0. The summed E-state index contributed by atoms with van der Waals surface area (Å²) in [4.78, 5) is 8.96. The second kappa shape index (κ2) is 8.47. The minimum absolute atomic E-state index is 0.972. The molecular weight excluding hydrogens is 244 g/mol. The Morgan fingerprint density at radius 1 is 0.750 bits per heavy atom. The quantitative estimate of drug-likeness (QED) is 0.626. The molecule has 0 amide bonds. The van der Waals surface area contributed by atoms with Crippen LogP contribution in [0.25, 0.3) is 11.1 Å². The van der Waals surface area contributed by atoms with E-state index in [1.54, 1.807) is 0 Å². The zero-order chi connectivity index (χ0) is 14.0. The van der Waals surface area contributed by atoms with Gasteiger partial charge in [0.2, 0.25) is 0 Å². The van der Waals surface area contributed by atoms with Gasteiger partial charge in [-0.15, -0.1) is 0 Å². The number of benzene rings is 1. The van der Waals surface area contributed by atoms with Gasteiger partial charge >= 0.3 is 0 Å². The molecule has 0 saturated heterocycles. The van der Waals surface area contributed by atoms with Crippen molar-refractivity contribution in [1.82, 2.24) is 9.97 Å². The molecule has 2 rings (SSSR count). The van der Waals surface area contributed by atoms with Gasteiger partial charge in [-0.1, -0.05) is 69.4 Å². The van der Waals surface area contributed by atoms with Crippen LogP contribution in [0.2, 0.25) is 0 Å². The van der Waals surface area contributed by atoms with Gasteiger partial charge in [-0.05, 0) is 12.0 Å². The van der Waals surface area contributed by atoms with Crippen LogP contribution in [0.15, 0.2) is 42.7 Å². The lowest BCUT2D eigenvalue weighted by molar-refractivity contribution is 0.601. The Hall–Kier alpha value is -1.70. The number of aryl methyl sites for hydroxylation is 1. The van der Waals surface area contributed by atoms with Gasteiger partial charge in [0.05, 0.1) is 0 Å². The van der Waals surface area contributed by atoms with Crippen LogP contribution >= 0.6 is 0 Å². The van der Waals surface area contributed by atoms with Crippen LogP contribution in [0.1, 0.15) is 51.3 Å². The summed E-state index contributed by atoms with van der Waals surface area (Å²) in [5.74, 6) is 0.972. The Morgan fingerprint density at radius 3 is 2.10 bits per heavy atom. The van der Waals surface area contributed by atoms with Gasteiger partial charge in [0.25, 0.3) is 0 Å². The van der Waals surface area contributed by atoms with Crippen LogP contribution in [-0.4, -0.2) is 9.97 Å². The molecule has 0 bridgehead atoms. The fourth-order valence-corrected chi connectivity index (χ4v) is 2.33. The van der Waals surface area contributed by atoms with Crippen LogP contribution < -0.4 is 0 Å². The normalized spacial score (nSPS) is 10.7. The molecule has 20 heavy (non-hydrogen) atoms. The Kier molecular flexibility index (Phi) is 6.22. The van der Waals surface area contributed by atoms with Gasteiger partial charge in [0.1, 0.15) is 5.82 Å². The van der Waals surface area contributed by atoms with Gasteiger partial charge in [-0.3, -0.25) is 0 Å². The second-order valence-electron chi connectivity index (χ2n) is 5.27. The van der Waals surface area contributed by atoms with E-state index in [-0.39, 0.29) is 0 Å². The lowest BCUT2D eigenvalue weighted by atomic mass is 10.1. The molecule has 0 atom stereocenters. The van der Waals surface area contributed by atoms with E-state index in [1.807, 2.05) is 30.6 Å². The molecule has 2 aromatic rings. The Balaban J connectivity index is 1.77. The molecule has 1 aromatic heterocycles. The topological polar surface area (TPSA) is 25.8 Å². The molecule has 2 nitrogen and oxygen atoms in total. The number of hydrogen-bond acceptors (Lipinski definition) is 2. The minimum atomic E-state index is 0.972. The zero-order valence-electron chi connectivity index (χ0n) is 12.4. The van der Waals surface area contributed by atoms with E-state index >= 15 is 0 Å². The summed E-state index contributed by atoms with van der Waals surface area (Å²) in [5, 5.41) is 0. The fraction of sp³-hybridized carbons (Fsp3) is 0.444. The molecule has 0 radical (unpaired) electrons. The predicted octanol–water partition coefficient (Wildman–Crippen LogP) is 5.05. The van der Waals surface area contributed by atoms with Gasteiger partial charge in [0, 0.05) is 24.4 Å². The van der Waals surface area contributed by atoms with Gasteiger partial charge < -0.3 is 0 Å². The Bertz CT molecular complexity index is 477. The number of aromatic nitrogens is 2. The molecule has 106 valence electrons. The first-order valence-corrected chi connectivity index (χ1v) is 7.76. The first-order valence-electron chi connectivity index (χ1n) is 7.76. The highest BCUT2D eigenvalue weighted by Crippen LogP contribution is 2.16. The molecule has 1 heterocycles. The van der Waals surface area contributed by atoms with Gasteiger partial charge in [-0.2, -0.15) is 0 Å². The Labute approximate surface area is 122 Å². The van der Waals surface area contributed by atoms with E-state index in [0.717, 1.165) is 17.8 Å². The summed E-state index contributed by atoms with van der Waals surface area (Å²) in [6.07, 6.45) is 12.8. The molecule has 0 N–H and O–H groups in total. The van der Waals surface area contributed by atoms with Crippen molar-refractivity contribution in [2.45, 2.75) is 51.9 Å². The third-order valence-corrected chi connectivity index (χ3v) is 3.57. The molecule has 0 spiro atoms. The van der Waals surface area contributed by atoms with E-state index in [2.05, 4.69) is 29.0 Å². The van der Waals surface area contributed by atoms with Crippen LogP contribution in [0.3, 0.4) is 0 Å². The monoisotopic (exact) mass is 268 g/mol. The number of unbranched alkanes of at least 4 members (excludes halogenated alkanes) is 5. The number of hydrogen-bond donors (Lipinski definition) is 0. The lowest BCUT2D eigenvalue weighted by Crippen LogP contribution is -1.95. The summed E-state index contributed by atoms with van der Waals surface area (Å²) in [5.41, 5.74) is 2.27. The first kappa shape index (κ1) is 14.7. The maximum Gasteiger partial charge on any atom is 0.128 e. The van der Waals surface area contributed by atoms with Crippen molar-refractivity contribution < 1.29 is 0 Å². The van der Waals surface area contributed by atoms with Crippen LogP contribution in [0.4, 0.5) is 0 Å². The highest BCUT2D eigenvalue weighted by Gasteiger charge is 2.00. The van der Waals surface area contributed by atoms with E-state index < -0.39 is 0 Å². The molecule has 0 aliphatic carbocycles. The minimum Gasteiger partial charge on any atom is -0.241 e. The molecule has 0 fully saturated rings. The van der Waals surface area contributed by atoms with Crippen molar-refractivity contribution in [3.05, 3.63) is 48.5 Å². The average molecular weight is 268 g/mol. The molecule has 1 aromatic carbocycles. The third kappa shape index (κ3) is 4.76. The predicted molar refractivity (Wildman–Crippen MR) is 84.5 cm³/mol. The van der Waals surface area contributed by atoms with Crippen molar-refractivity contribution >= 4 is 0 Å².